The van der Waals surface area contributed by atoms with Crippen LogP contribution >= 0.6 is 35.0 Å². The van der Waals surface area contributed by atoms with E-state index in [1.54, 1.807) is 32.2 Å². The molecule has 0 fully saturated rings. The van der Waals surface area contributed by atoms with Gasteiger partial charge in [0.2, 0.25) is 11.1 Å². The fourth-order valence-corrected chi connectivity index (χ4v) is 2.57. The van der Waals surface area contributed by atoms with Crippen LogP contribution in [0, 0.1) is 0 Å². The van der Waals surface area contributed by atoms with Crippen LogP contribution in [0.2, 0.25) is 10.0 Å². The Morgan fingerprint density at radius 3 is 2.80 bits per heavy atom. The van der Waals surface area contributed by atoms with Crippen molar-refractivity contribution in [3.05, 3.63) is 28.2 Å². The molecule has 1 aromatic carbocycles. The molecule has 2 aromatic rings. The van der Waals surface area contributed by atoms with Gasteiger partial charge in [-0.3, -0.25) is 4.79 Å². The maximum absolute atomic E-state index is 12.1. The van der Waals surface area contributed by atoms with Gasteiger partial charge in [-0.2, -0.15) is 0 Å². The molecule has 6 nitrogen and oxygen atoms in total. The van der Waals surface area contributed by atoms with Gasteiger partial charge >= 0.3 is 0 Å². The third-order valence-electron chi connectivity index (χ3n) is 2.42. The lowest BCUT2D eigenvalue weighted by Crippen LogP contribution is -2.23. The molecule has 1 N–H and O–H groups in total. The zero-order chi connectivity index (χ0) is 14.7. The maximum Gasteiger partial charge on any atom is 0.237 e. The summed E-state index contributed by atoms with van der Waals surface area (Å²) in [5.74, 6) is -0.192. The van der Waals surface area contributed by atoms with Crippen LogP contribution < -0.4 is 5.32 Å². The number of halogens is 2. The van der Waals surface area contributed by atoms with Crippen LogP contribution in [0.15, 0.2) is 23.4 Å². The second-order valence-corrected chi connectivity index (χ2v) is 6.11. The van der Waals surface area contributed by atoms with E-state index in [-0.39, 0.29) is 11.2 Å². The normalized spacial score (nSPS) is 12.2. The number of nitrogens with zero attached hydrogens (tertiary/aromatic N) is 4. The molecule has 0 spiro atoms. The largest absolute Gasteiger partial charge is 0.324 e. The molecule has 2 rings (SSSR count). The van der Waals surface area contributed by atoms with Gasteiger partial charge < -0.3 is 5.32 Å². The minimum atomic E-state index is -0.369. The first-order chi connectivity index (χ1) is 9.47. The summed E-state index contributed by atoms with van der Waals surface area (Å²) >= 11 is 13.1. The lowest BCUT2D eigenvalue weighted by molar-refractivity contribution is -0.115. The van der Waals surface area contributed by atoms with Gasteiger partial charge in [0.15, 0.2) is 0 Å². The van der Waals surface area contributed by atoms with Crippen LogP contribution in [-0.2, 0) is 11.8 Å². The van der Waals surface area contributed by atoms with Crippen molar-refractivity contribution in [1.82, 2.24) is 20.2 Å². The predicted octanol–water partition coefficient (Wildman–Crippen LogP) is 2.64. The van der Waals surface area contributed by atoms with Crippen LogP contribution in [0.3, 0.4) is 0 Å². The summed E-state index contributed by atoms with van der Waals surface area (Å²) in [6, 6.07) is 4.89. The molecular weight excluding hydrogens is 321 g/mol. The monoisotopic (exact) mass is 331 g/mol. The third-order valence-corrected chi connectivity index (χ3v) is 4.09. The molecule has 0 unspecified atom stereocenters. The van der Waals surface area contributed by atoms with Crippen molar-refractivity contribution in [2.75, 3.05) is 5.32 Å². The fraction of sp³-hybridized carbons (Fsp3) is 0.273. The zero-order valence-corrected chi connectivity index (χ0v) is 13.0. The summed E-state index contributed by atoms with van der Waals surface area (Å²) < 4.78 is 1.50. The number of anilines is 1. The van der Waals surface area contributed by atoms with E-state index in [2.05, 4.69) is 20.8 Å². The van der Waals surface area contributed by atoms with Crippen molar-refractivity contribution in [2.45, 2.75) is 17.3 Å². The lowest BCUT2D eigenvalue weighted by Gasteiger charge is -2.12. The summed E-state index contributed by atoms with van der Waals surface area (Å²) in [5, 5.41) is 14.9. The molecule has 20 heavy (non-hydrogen) atoms. The summed E-state index contributed by atoms with van der Waals surface area (Å²) in [6.45, 7) is 1.76. The van der Waals surface area contributed by atoms with Gasteiger partial charge in [-0.05, 0) is 35.5 Å². The summed E-state index contributed by atoms with van der Waals surface area (Å²) in [5.41, 5.74) is 0.518. The average Bonchev–Trinajstić information content (AvgIpc) is 2.78. The van der Waals surface area contributed by atoms with Gasteiger partial charge in [0.1, 0.15) is 0 Å². The van der Waals surface area contributed by atoms with Gasteiger partial charge in [-0.15, -0.1) is 5.10 Å². The van der Waals surface area contributed by atoms with E-state index in [9.17, 15) is 4.79 Å². The number of carbonyl (C=O) groups excluding carboxylic acids is 1. The number of rotatable bonds is 4. The molecule has 0 radical (unpaired) electrons. The minimum absolute atomic E-state index is 0.192. The molecule has 0 bridgehead atoms. The van der Waals surface area contributed by atoms with Crippen LogP contribution in [-0.4, -0.2) is 31.4 Å². The van der Waals surface area contributed by atoms with Crippen molar-refractivity contribution in [1.29, 1.82) is 0 Å². The molecule has 0 aliphatic carbocycles. The first kappa shape index (κ1) is 15.1. The van der Waals surface area contributed by atoms with Gasteiger partial charge in [0.05, 0.1) is 16.0 Å². The Labute approximate surface area is 129 Å². The highest BCUT2D eigenvalue weighted by atomic mass is 35.5. The average molecular weight is 332 g/mol. The number of benzene rings is 1. The quantitative estimate of drug-likeness (QED) is 0.872. The molecule has 1 atom stereocenters. The second kappa shape index (κ2) is 6.43. The number of hydrogen-bond donors (Lipinski definition) is 1. The molecule has 0 saturated carbocycles. The number of nitrogens with one attached hydrogen (secondary N) is 1. The Bertz CT molecular complexity index is 633. The standard InChI is InChI=1S/C11H11Cl2N5OS/c1-6(20-11-15-16-17-18(11)2)10(19)14-9-4-3-7(12)5-8(9)13/h3-6H,1-2H3,(H,14,19)/t6-/m1/s1. The number of aryl methyl sites for hydroxylation is 1. The number of hydrogen-bond acceptors (Lipinski definition) is 5. The smallest absolute Gasteiger partial charge is 0.237 e. The molecule has 1 aromatic heterocycles. The van der Waals surface area contributed by atoms with E-state index in [1.165, 1.54) is 16.4 Å². The summed E-state index contributed by atoms with van der Waals surface area (Å²) in [6.07, 6.45) is 0. The number of thioether (sulfide) groups is 1. The Morgan fingerprint density at radius 1 is 1.45 bits per heavy atom. The number of carbonyl (C=O) groups is 1. The predicted molar refractivity (Wildman–Crippen MR) is 79.2 cm³/mol. The lowest BCUT2D eigenvalue weighted by atomic mass is 10.3. The van der Waals surface area contributed by atoms with Crippen LogP contribution in [0.25, 0.3) is 0 Å². The van der Waals surface area contributed by atoms with Crippen molar-refractivity contribution in [3.8, 4) is 0 Å². The van der Waals surface area contributed by atoms with Crippen molar-refractivity contribution in [2.24, 2.45) is 7.05 Å². The Morgan fingerprint density at radius 2 is 2.20 bits per heavy atom. The molecule has 1 amide bonds. The highest BCUT2D eigenvalue weighted by Crippen LogP contribution is 2.27. The Kier molecular flexibility index (Phi) is 4.85. The molecule has 9 heteroatoms. The molecule has 0 saturated heterocycles. The fourth-order valence-electron chi connectivity index (χ4n) is 1.36. The highest BCUT2D eigenvalue weighted by molar-refractivity contribution is 8.00. The van der Waals surface area contributed by atoms with Gasteiger partial charge in [-0.1, -0.05) is 35.0 Å². The Hall–Kier alpha value is -1.31. The molecule has 0 aliphatic heterocycles. The van der Waals surface area contributed by atoms with E-state index in [0.29, 0.717) is 20.9 Å². The second-order valence-electron chi connectivity index (χ2n) is 3.96. The summed E-state index contributed by atoms with van der Waals surface area (Å²) in [7, 11) is 1.71. The first-order valence-corrected chi connectivity index (χ1v) is 7.26. The van der Waals surface area contributed by atoms with E-state index >= 15 is 0 Å². The van der Waals surface area contributed by atoms with Gasteiger partial charge in [0, 0.05) is 12.1 Å². The van der Waals surface area contributed by atoms with E-state index < -0.39 is 0 Å². The van der Waals surface area contributed by atoms with Crippen LogP contribution in [0.4, 0.5) is 5.69 Å². The molecule has 106 valence electrons. The van der Waals surface area contributed by atoms with E-state index in [1.807, 2.05) is 0 Å². The van der Waals surface area contributed by atoms with Crippen molar-refractivity contribution < 1.29 is 4.79 Å². The van der Waals surface area contributed by atoms with Gasteiger partial charge in [-0.25, -0.2) is 4.68 Å². The summed E-state index contributed by atoms with van der Waals surface area (Å²) in [4.78, 5) is 12.1. The molecule has 1 heterocycles. The SMILES string of the molecule is C[C@@H](Sc1nnnn1C)C(=O)Nc1ccc(Cl)cc1Cl. The maximum atomic E-state index is 12.1. The topological polar surface area (TPSA) is 72.7 Å². The Balaban J connectivity index is 2.02. The zero-order valence-electron chi connectivity index (χ0n) is 10.7. The first-order valence-electron chi connectivity index (χ1n) is 5.62. The number of amides is 1. The minimum Gasteiger partial charge on any atom is -0.324 e. The van der Waals surface area contributed by atoms with Gasteiger partial charge in [0.25, 0.3) is 0 Å². The number of aromatic nitrogens is 4. The van der Waals surface area contributed by atoms with E-state index in [0.717, 1.165) is 0 Å². The molecule has 0 aliphatic rings. The van der Waals surface area contributed by atoms with Crippen LogP contribution in [0.5, 0.6) is 0 Å². The highest BCUT2D eigenvalue weighted by Gasteiger charge is 2.18. The van der Waals surface area contributed by atoms with E-state index in [4.69, 9.17) is 23.2 Å². The van der Waals surface area contributed by atoms with Crippen LogP contribution in [0.1, 0.15) is 6.92 Å². The molecular formula is C11H11Cl2N5OS. The van der Waals surface area contributed by atoms with Crippen molar-refractivity contribution >= 4 is 46.6 Å². The number of tetrazole rings is 1. The van der Waals surface area contributed by atoms with Crippen molar-refractivity contribution in [3.63, 3.8) is 0 Å². The third kappa shape index (κ3) is 3.62.